The van der Waals surface area contributed by atoms with Crippen molar-refractivity contribution in [2.75, 3.05) is 5.32 Å². The van der Waals surface area contributed by atoms with E-state index in [-0.39, 0.29) is 5.91 Å². The molecule has 2 aromatic rings. The molecule has 0 spiro atoms. The fourth-order valence-corrected chi connectivity index (χ4v) is 4.62. The molecule has 2 aromatic heterocycles. The molecule has 122 valence electrons. The van der Waals surface area contributed by atoms with E-state index in [2.05, 4.69) is 15.4 Å². The predicted molar refractivity (Wildman–Crippen MR) is 91.1 cm³/mol. The fourth-order valence-electron chi connectivity index (χ4n) is 3.48. The Morgan fingerprint density at radius 3 is 2.74 bits per heavy atom. The smallest absolute Gasteiger partial charge is 0.268 e. The lowest BCUT2D eigenvalue weighted by Gasteiger charge is -2.27. The minimum atomic E-state index is -0.0506. The zero-order valence-corrected chi connectivity index (χ0v) is 14.2. The summed E-state index contributed by atoms with van der Waals surface area (Å²) < 4.78 is 1.95. The molecule has 2 heterocycles. The van der Waals surface area contributed by atoms with Gasteiger partial charge in [0, 0.05) is 12.0 Å². The zero-order valence-electron chi connectivity index (χ0n) is 13.4. The number of carbonyl (C=O) groups is 1. The maximum atomic E-state index is 12.7. The summed E-state index contributed by atoms with van der Waals surface area (Å²) in [6, 6.07) is 2.32. The third-order valence-corrected chi connectivity index (χ3v) is 6.37. The summed E-state index contributed by atoms with van der Waals surface area (Å²) in [5.74, 6) is 1.31. The van der Waals surface area contributed by atoms with E-state index >= 15 is 0 Å². The SMILES string of the molecule is Cc1nc(C2CCCC2)sc1C(=O)Nc1ccnn1C1CCC1. The van der Waals surface area contributed by atoms with Crippen molar-refractivity contribution in [3.63, 3.8) is 0 Å². The minimum Gasteiger partial charge on any atom is -0.306 e. The second-order valence-corrected chi connectivity index (χ2v) is 7.68. The maximum absolute atomic E-state index is 12.7. The molecule has 5 nitrogen and oxygen atoms in total. The lowest BCUT2D eigenvalue weighted by molar-refractivity contribution is 0.102. The molecule has 6 heteroatoms. The molecular formula is C17H22N4OS. The van der Waals surface area contributed by atoms with E-state index in [1.54, 1.807) is 17.5 Å². The van der Waals surface area contributed by atoms with Crippen LogP contribution in [-0.2, 0) is 0 Å². The molecule has 2 fully saturated rings. The number of anilines is 1. The van der Waals surface area contributed by atoms with E-state index in [1.807, 2.05) is 17.7 Å². The highest BCUT2D eigenvalue weighted by Gasteiger charge is 2.26. The van der Waals surface area contributed by atoms with Gasteiger partial charge >= 0.3 is 0 Å². The van der Waals surface area contributed by atoms with E-state index in [0.29, 0.717) is 12.0 Å². The van der Waals surface area contributed by atoms with Crippen molar-refractivity contribution in [1.82, 2.24) is 14.8 Å². The Balaban J connectivity index is 1.52. The molecule has 23 heavy (non-hydrogen) atoms. The van der Waals surface area contributed by atoms with E-state index in [4.69, 9.17) is 0 Å². The summed E-state index contributed by atoms with van der Waals surface area (Å²) >= 11 is 1.57. The first-order valence-corrected chi connectivity index (χ1v) is 9.36. The number of carbonyl (C=O) groups excluding carboxylic acids is 1. The van der Waals surface area contributed by atoms with Crippen LogP contribution in [0.1, 0.15) is 77.3 Å². The Kier molecular flexibility index (Phi) is 3.93. The first-order valence-electron chi connectivity index (χ1n) is 8.54. The Labute approximate surface area is 140 Å². The first-order chi connectivity index (χ1) is 11.2. The van der Waals surface area contributed by atoms with Gasteiger partial charge in [-0.15, -0.1) is 11.3 Å². The third kappa shape index (κ3) is 2.80. The van der Waals surface area contributed by atoms with Crippen molar-refractivity contribution in [3.8, 4) is 0 Å². The van der Waals surface area contributed by atoms with Crippen LogP contribution in [0.4, 0.5) is 5.82 Å². The Morgan fingerprint density at radius 2 is 2.04 bits per heavy atom. The molecule has 4 rings (SSSR count). The van der Waals surface area contributed by atoms with Crippen molar-refractivity contribution >= 4 is 23.1 Å². The molecule has 2 saturated carbocycles. The zero-order chi connectivity index (χ0) is 15.8. The van der Waals surface area contributed by atoms with Gasteiger partial charge in [0.05, 0.1) is 22.9 Å². The lowest BCUT2D eigenvalue weighted by atomic mass is 9.93. The standard InChI is InChI=1S/C17H22N4OS/c1-11-15(23-17(19-11)12-5-2-3-6-12)16(22)20-14-9-10-18-21(14)13-7-4-8-13/h9-10,12-13H,2-8H2,1H3,(H,20,22). The van der Waals surface area contributed by atoms with Crippen LogP contribution in [-0.4, -0.2) is 20.7 Å². The van der Waals surface area contributed by atoms with Gasteiger partial charge in [0.1, 0.15) is 10.7 Å². The molecule has 1 N–H and O–H groups in total. The average molecular weight is 330 g/mol. The quantitative estimate of drug-likeness (QED) is 0.910. The van der Waals surface area contributed by atoms with E-state index in [0.717, 1.165) is 34.2 Å². The number of hydrogen-bond acceptors (Lipinski definition) is 4. The monoisotopic (exact) mass is 330 g/mol. The van der Waals surface area contributed by atoms with Crippen LogP contribution in [0.5, 0.6) is 0 Å². The number of aromatic nitrogens is 3. The van der Waals surface area contributed by atoms with Crippen molar-refractivity contribution in [2.45, 2.75) is 63.8 Å². The lowest BCUT2D eigenvalue weighted by Crippen LogP contribution is -2.22. The molecule has 0 unspecified atom stereocenters. The summed E-state index contributed by atoms with van der Waals surface area (Å²) in [7, 11) is 0. The fraction of sp³-hybridized carbons (Fsp3) is 0.588. The highest BCUT2D eigenvalue weighted by Crippen LogP contribution is 2.37. The number of rotatable bonds is 4. The normalized spacial score (nSPS) is 19.0. The van der Waals surface area contributed by atoms with Crippen LogP contribution >= 0.6 is 11.3 Å². The molecule has 0 saturated heterocycles. The van der Waals surface area contributed by atoms with Crippen LogP contribution in [0.15, 0.2) is 12.3 Å². The molecule has 0 atom stereocenters. The summed E-state index contributed by atoms with van der Waals surface area (Å²) in [6.45, 7) is 1.94. The van der Waals surface area contributed by atoms with Crippen LogP contribution in [0.25, 0.3) is 0 Å². The van der Waals surface area contributed by atoms with Crippen molar-refractivity contribution in [3.05, 3.63) is 27.8 Å². The van der Waals surface area contributed by atoms with Crippen LogP contribution in [0.3, 0.4) is 0 Å². The molecule has 0 aliphatic heterocycles. The molecule has 2 aliphatic carbocycles. The molecule has 0 aromatic carbocycles. The van der Waals surface area contributed by atoms with Gasteiger partial charge in [-0.3, -0.25) is 4.79 Å². The van der Waals surface area contributed by atoms with E-state index < -0.39 is 0 Å². The van der Waals surface area contributed by atoms with Gasteiger partial charge in [0.25, 0.3) is 5.91 Å². The Hall–Kier alpha value is -1.69. The topological polar surface area (TPSA) is 59.8 Å². The van der Waals surface area contributed by atoms with Crippen LogP contribution in [0.2, 0.25) is 0 Å². The first kappa shape index (κ1) is 14.9. The highest BCUT2D eigenvalue weighted by molar-refractivity contribution is 7.14. The highest BCUT2D eigenvalue weighted by atomic mass is 32.1. The number of thiazole rings is 1. The summed E-state index contributed by atoms with van der Waals surface area (Å²) in [5.41, 5.74) is 0.851. The van der Waals surface area contributed by atoms with Crippen LogP contribution < -0.4 is 5.32 Å². The number of nitrogens with one attached hydrogen (secondary N) is 1. The number of amides is 1. The predicted octanol–water partition coefficient (Wildman–Crippen LogP) is 4.28. The van der Waals surface area contributed by atoms with Gasteiger partial charge < -0.3 is 5.32 Å². The minimum absolute atomic E-state index is 0.0506. The van der Waals surface area contributed by atoms with E-state index in [9.17, 15) is 4.79 Å². The van der Waals surface area contributed by atoms with Crippen molar-refractivity contribution in [1.29, 1.82) is 0 Å². The Morgan fingerprint density at radius 1 is 1.26 bits per heavy atom. The van der Waals surface area contributed by atoms with Gasteiger partial charge in [-0.05, 0) is 39.0 Å². The summed E-state index contributed by atoms with van der Waals surface area (Å²) in [4.78, 5) is 18.1. The molecule has 1 amide bonds. The third-order valence-electron chi connectivity index (χ3n) is 5.06. The second-order valence-electron chi connectivity index (χ2n) is 6.65. The summed E-state index contributed by atoms with van der Waals surface area (Å²) in [6.07, 6.45) is 10.3. The van der Waals surface area contributed by atoms with Gasteiger partial charge in [-0.25, -0.2) is 9.67 Å². The molecule has 0 bridgehead atoms. The number of hydrogen-bond donors (Lipinski definition) is 1. The summed E-state index contributed by atoms with van der Waals surface area (Å²) in [5, 5.41) is 8.53. The van der Waals surface area contributed by atoms with Crippen molar-refractivity contribution in [2.24, 2.45) is 0 Å². The second kappa shape index (κ2) is 6.07. The Bertz CT molecular complexity index is 710. The van der Waals surface area contributed by atoms with Crippen LogP contribution in [0, 0.1) is 6.92 Å². The largest absolute Gasteiger partial charge is 0.306 e. The molecular weight excluding hydrogens is 308 g/mol. The number of nitrogens with zero attached hydrogens (tertiary/aromatic N) is 3. The van der Waals surface area contributed by atoms with Crippen molar-refractivity contribution < 1.29 is 4.79 Å². The van der Waals surface area contributed by atoms with Gasteiger partial charge in [0.15, 0.2) is 0 Å². The number of aryl methyl sites for hydroxylation is 1. The molecule has 0 radical (unpaired) electrons. The van der Waals surface area contributed by atoms with Gasteiger partial charge in [-0.1, -0.05) is 12.8 Å². The van der Waals surface area contributed by atoms with Gasteiger partial charge in [-0.2, -0.15) is 5.10 Å². The van der Waals surface area contributed by atoms with Gasteiger partial charge in [0.2, 0.25) is 0 Å². The maximum Gasteiger partial charge on any atom is 0.268 e. The molecule has 2 aliphatic rings. The average Bonchev–Trinajstić information content (AvgIpc) is 3.18. The van der Waals surface area contributed by atoms with E-state index in [1.165, 1.54) is 32.1 Å².